The Morgan fingerprint density at radius 1 is 1.19 bits per heavy atom. The molecule has 156 valence electrons. The van der Waals surface area contributed by atoms with E-state index in [0.717, 1.165) is 6.42 Å². The molecule has 0 spiro atoms. The standard InChI is InChI=1S/C15H32N6O5Si/c1-24-27(25-2,26-3)9-4-6-12(22)10-13(23)11-18-15-19-14(20-21-15)17-8-5-7-16/h13,23H,4-11,16H2,1-3H3,(H3,17,18,19,20,21). The number of carbonyl (C=O) groups excluding carboxylic acids is 1. The van der Waals surface area contributed by atoms with E-state index in [1.807, 2.05) is 0 Å². The van der Waals surface area contributed by atoms with E-state index in [1.54, 1.807) is 21.3 Å². The van der Waals surface area contributed by atoms with Crippen LogP contribution in [-0.2, 0) is 18.1 Å². The van der Waals surface area contributed by atoms with Crippen molar-refractivity contribution in [1.82, 2.24) is 15.2 Å². The van der Waals surface area contributed by atoms with Gasteiger partial charge in [0.15, 0.2) is 0 Å². The minimum Gasteiger partial charge on any atom is -0.391 e. The minimum atomic E-state index is -2.65. The number of ketones is 1. The van der Waals surface area contributed by atoms with Crippen molar-refractivity contribution in [2.45, 2.75) is 37.8 Å². The molecular weight excluding hydrogens is 372 g/mol. The van der Waals surface area contributed by atoms with Crippen LogP contribution in [-0.4, -0.2) is 81.9 Å². The summed E-state index contributed by atoms with van der Waals surface area (Å²) in [7, 11) is 1.97. The number of hydrogen-bond donors (Lipinski definition) is 5. The molecule has 0 radical (unpaired) electrons. The summed E-state index contributed by atoms with van der Waals surface area (Å²) in [6, 6.07) is 0.550. The quantitative estimate of drug-likeness (QED) is 0.187. The maximum atomic E-state index is 12.0. The Labute approximate surface area is 160 Å². The largest absolute Gasteiger partial charge is 0.500 e. The molecule has 0 bridgehead atoms. The van der Waals surface area contributed by atoms with Gasteiger partial charge in [-0.1, -0.05) is 0 Å². The fraction of sp³-hybridized carbons (Fsp3) is 0.800. The Morgan fingerprint density at radius 3 is 2.41 bits per heavy atom. The van der Waals surface area contributed by atoms with Crippen LogP contribution in [0.3, 0.4) is 0 Å². The number of aromatic amines is 1. The van der Waals surface area contributed by atoms with Crippen LogP contribution in [0.4, 0.5) is 11.9 Å². The number of aliphatic hydroxyl groups excluding tert-OH is 1. The van der Waals surface area contributed by atoms with E-state index in [4.69, 9.17) is 19.0 Å². The minimum absolute atomic E-state index is 0.0304. The molecule has 27 heavy (non-hydrogen) atoms. The Morgan fingerprint density at radius 2 is 1.81 bits per heavy atom. The molecule has 1 unspecified atom stereocenters. The molecule has 0 aliphatic heterocycles. The molecule has 1 heterocycles. The number of H-pyrrole nitrogens is 1. The lowest BCUT2D eigenvalue weighted by Gasteiger charge is -2.24. The van der Waals surface area contributed by atoms with E-state index in [2.05, 4.69) is 25.8 Å². The van der Waals surface area contributed by atoms with Crippen molar-refractivity contribution >= 4 is 26.5 Å². The monoisotopic (exact) mass is 404 g/mol. The number of nitrogens with two attached hydrogens (primary N) is 1. The molecule has 0 saturated carbocycles. The molecule has 11 nitrogen and oxygen atoms in total. The van der Waals surface area contributed by atoms with Crippen molar-refractivity contribution < 1.29 is 23.2 Å². The lowest BCUT2D eigenvalue weighted by Crippen LogP contribution is -2.42. The topological polar surface area (TPSA) is 157 Å². The summed E-state index contributed by atoms with van der Waals surface area (Å²) in [6.07, 6.45) is 0.989. The van der Waals surface area contributed by atoms with Crippen LogP contribution < -0.4 is 16.4 Å². The zero-order valence-electron chi connectivity index (χ0n) is 16.3. The first kappa shape index (κ1) is 23.5. The van der Waals surface area contributed by atoms with Gasteiger partial charge < -0.3 is 34.8 Å². The molecule has 1 aromatic heterocycles. The van der Waals surface area contributed by atoms with Crippen LogP contribution in [0.5, 0.6) is 0 Å². The SMILES string of the molecule is CO[Si](CCCC(=O)CC(O)CNc1nnc(NCCCN)[nH]1)(OC)OC. The molecule has 12 heteroatoms. The number of nitrogens with zero attached hydrogens (tertiary/aromatic N) is 2. The normalized spacial score (nSPS) is 12.8. The molecule has 1 rings (SSSR count). The Balaban J connectivity index is 2.25. The lowest BCUT2D eigenvalue weighted by molar-refractivity contribution is -0.120. The maximum Gasteiger partial charge on any atom is 0.500 e. The molecule has 1 aromatic rings. The van der Waals surface area contributed by atoms with Crippen LogP contribution in [0.15, 0.2) is 0 Å². The third-order valence-corrected chi connectivity index (χ3v) is 6.83. The van der Waals surface area contributed by atoms with Gasteiger partial charge in [-0.15, -0.1) is 10.2 Å². The Bertz CT molecular complexity index is 534. The van der Waals surface area contributed by atoms with E-state index in [1.165, 1.54) is 0 Å². The third-order valence-electron chi connectivity index (χ3n) is 4.00. The van der Waals surface area contributed by atoms with Crippen molar-refractivity contribution in [2.24, 2.45) is 5.73 Å². The molecule has 0 aliphatic carbocycles. The average Bonchev–Trinajstić information content (AvgIpc) is 3.12. The van der Waals surface area contributed by atoms with Crippen LogP contribution >= 0.6 is 0 Å². The van der Waals surface area contributed by atoms with Gasteiger partial charge >= 0.3 is 8.80 Å². The highest BCUT2D eigenvalue weighted by Gasteiger charge is 2.37. The summed E-state index contributed by atoms with van der Waals surface area (Å²) in [5.74, 6) is 0.920. The summed E-state index contributed by atoms with van der Waals surface area (Å²) in [5.41, 5.74) is 5.42. The average molecular weight is 405 g/mol. The van der Waals surface area contributed by atoms with Crippen molar-refractivity contribution in [2.75, 3.05) is 51.6 Å². The molecule has 0 aromatic carbocycles. The van der Waals surface area contributed by atoms with Crippen molar-refractivity contribution in [3.05, 3.63) is 0 Å². The van der Waals surface area contributed by atoms with Crippen LogP contribution in [0.25, 0.3) is 0 Å². The first-order chi connectivity index (χ1) is 13.0. The molecule has 0 aliphatic rings. The van der Waals surface area contributed by atoms with E-state index in [0.29, 0.717) is 43.9 Å². The predicted molar refractivity (Wildman–Crippen MR) is 103 cm³/mol. The highest BCUT2D eigenvalue weighted by Crippen LogP contribution is 2.17. The third kappa shape index (κ3) is 8.77. The fourth-order valence-electron chi connectivity index (χ4n) is 2.44. The van der Waals surface area contributed by atoms with Gasteiger partial charge in [0.1, 0.15) is 5.78 Å². The van der Waals surface area contributed by atoms with Gasteiger partial charge in [0.2, 0.25) is 11.9 Å². The zero-order chi connectivity index (χ0) is 20.1. The van der Waals surface area contributed by atoms with Crippen LogP contribution in [0.1, 0.15) is 25.7 Å². The summed E-state index contributed by atoms with van der Waals surface area (Å²) < 4.78 is 15.9. The summed E-state index contributed by atoms with van der Waals surface area (Å²) in [4.78, 5) is 14.9. The first-order valence-electron chi connectivity index (χ1n) is 8.94. The van der Waals surface area contributed by atoms with Crippen molar-refractivity contribution in [3.8, 4) is 0 Å². The number of aromatic nitrogens is 3. The summed E-state index contributed by atoms with van der Waals surface area (Å²) in [6.45, 7) is 1.48. The first-order valence-corrected chi connectivity index (χ1v) is 10.9. The highest BCUT2D eigenvalue weighted by molar-refractivity contribution is 6.60. The number of anilines is 2. The summed E-state index contributed by atoms with van der Waals surface area (Å²) in [5, 5.41) is 23.8. The lowest BCUT2D eigenvalue weighted by atomic mass is 10.1. The van der Waals surface area contributed by atoms with Crippen LogP contribution in [0.2, 0.25) is 6.04 Å². The number of carbonyl (C=O) groups is 1. The second-order valence-electron chi connectivity index (χ2n) is 6.02. The van der Waals surface area contributed by atoms with Gasteiger partial charge in [0.25, 0.3) is 0 Å². The smallest absolute Gasteiger partial charge is 0.391 e. The molecule has 6 N–H and O–H groups in total. The Kier molecular flexibility index (Phi) is 11.1. The van der Waals surface area contributed by atoms with Gasteiger partial charge in [0.05, 0.1) is 6.10 Å². The van der Waals surface area contributed by atoms with E-state index < -0.39 is 14.9 Å². The van der Waals surface area contributed by atoms with Gasteiger partial charge in [-0.2, -0.15) is 0 Å². The van der Waals surface area contributed by atoms with Gasteiger partial charge in [-0.3, -0.25) is 9.78 Å². The number of aliphatic hydroxyl groups is 1. The van der Waals surface area contributed by atoms with Crippen LogP contribution in [0, 0.1) is 0 Å². The number of Topliss-reactive ketones (excluding diaryl/α,β-unsaturated/α-hetero) is 1. The number of rotatable bonds is 16. The van der Waals surface area contributed by atoms with Crippen molar-refractivity contribution in [1.29, 1.82) is 0 Å². The predicted octanol–water partition coefficient (Wildman–Crippen LogP) is -0.0443. The Hall–Kier alpha value is -1.57. The molecular formula is C15H32N6O5Si. The summed E-state index contributed by atoms with van der Waals surface area (Å²) >= 11 is 0. The number of hydrogen-bond acceptors (Lipinski definition) is 10. The fourth-order valence-corrected chi connectivity index (χ4v) is 4.16. The van der Waals surface area contributed by atoms with Gasteiger partial charge in [0, 0.05) is 53.3 Å². The van der Waals surface area contributed by atoms with E-state index in [9.17, 15) is 9.90 Å². The zero-order valence-corrected chi connectivity index (χ0v) is 17.3. The molecule has 1 atom stereocenters. The molecule has 0 fully saturated rings. The second-order valence-corrected chi connectivity index (χ2v) is 9.11. The number of nitrogens with one attached hydrogen (secondary N) is 3. The highest BCUT2D eigenvalue weighted by atomic mass is 28.4. The second kappa shape index (κ2) is 12.7. The molecule has 0 amide bonds. The van der Waals surface area contributed by atoms with E-state index in [-0.39, 0.29) is 18.7 Å². The van der Waals surface area contributed by atoms with Gasteiger partial charge in [-0.25, -0.2) is 0 Å². The van der Waals surface area contributed by atoms with Gasteiger partial charge in [-0.05, 0) is 19.4 Å². The maximum absolute atomic E-state index is 12.0. The molecule has 0 saturated heterocycles. The van der Waals surface area contributed by atoms with E-state index >= 15 is 0 Å². The van der Waals surface area contributed by atoms with Crippen molar-refractivity contribution in [3.63, 3.8) is 0 Å².